The number of aromatic nitrogens is 3. The van der Waals surface area contributed by atoms with Gasteiger partial charge in [0.25, 0.3) is 5.56 Å². The molecule has 2 heterocycles. The SMILES string of the molecule is CSC[C@@H](CN(Cc1ccccc1)Cc1c[nH]c2c(=O)[nH]c(N)nc12)[C@@H](O)CO. The van der Waals surface area contributed by atoms with Crippen LogP contribution in [0.4, 0.5) is 5.95 Å². The Hall–Kier alpha value is -2.33. The van der Waals surface area contributed by atoms with Crippen LogP contribution in [-0.4, -0.2) is 61.3 Å². The van der Waals surface area contributed by atoms with E-state index in [2.05, 4.69) is 32.0 Å². The van der Waals surface area contributed by atoms with Crippen molar-refractivity contribution in [2.45, 2.75) is 19.2 Å². The summed E-state index contributed by atoms with van der Waals surface area (Å²) in [5.74, 6) is 0.713. The zero-order chi connectivity index (χ0) is 20.8. The number of hydrogen-bond acceptors (Lipinski definition) is 7. The molecular formula is C20H27N5O3S. The largest absolute Gasteiger partial charge is 0.394 e. The van der Waals surface area contributed by atoms with Gasteiger partial charge in [-0.1, -0.05) is 30.3 Å². The van der Waals surface area contributed by atoms with E-state index in [1.54, 1.807) is 18.0 Å². The van der Waals surface area contributed by atoms with E-state index in [9.17, 15) is 15.0 Å². The highest BCUT2D eigenvalue weighted by molar-refractivity contribution is 7.98. The minimum Gasteiger partial charge on any atom is -0.394 e. The van der Waals surface area contributed by atoms with Gasteiger partial charge in [-0.3, -0.25) is 14.7 Å². The Morgan fingerprint density at radius 2 is 2.03 bits per heavy atom. The first-order valence-corrected chi connectivity index (χ1v) is 10.8. The fraction of sp³-hybridized carbons (Fsp3) is 0.400. The Kier molecular flexibility index (Phi) is 7.32. The third-order valence-corrected chi connectivity index (χ3v) is 5.64. The second kappa shape index (κ2) is 9.93. The van der Waals surface area contributed by atoms with Crippen molar-refractivity contribution in [2.75, 3.05) is 30.9 Å². The molecule has 0 radical (unpaired) electrons. The van der Waals surface area contributed by atoms with Crippen LogP contribution in [0.5, 0.6) is 0 Å². The number of nitrogens with zero attached hydrogens (tertiary/aromatic N) is 2. The van der Waals surface area contributed by atoms with E-state index in [1.165, 1.54) is 0 Å². The van der Waals surface area contributed by atoms with Crippen LogP contribution < -0.4 is 11.3 Å². The Labute approximate surface area is 173 Å². The molecule has 0 unspecified atom stereocenters. The van der Waals surface area contributed by atoms with E-state index < -0.39 is 6.10 Å². The number of anilines is 1. The summed E-state index contributed by atoms with van der Waals surface area (Å²) in [6.45, 7) is 1.50. The van der Waals surface area contributed by atoms with E-state index in [-0.39, 0.29) is 24.0 Å². The minimum absolute atomic E-state index is 0.0777. The number of aromatic amines is 2. The standard InChI is InChI=1S/C20H27N5O3S/c1-29-12-15(16(27)11-26)10-25(8-13-5-3-2-4-6-13)9-14-7-22-18-17(14)23-20(21)24-19(18)28/h2-7,15-16,22,26-27H,8-12H2,1H3,(H3,21,23,24,28)/t15-,16+/m1/s1. The monoisotopic (exact) mass is 417 g/mol. The molecule has 2 aromatic heterocycles. The molecular weight excluding hydrogens is 390 g/mol. The van der Waals surface area contributed by atoms with Gasteiger partial charge < -0.3 is 20.9 Å². The van der Waals surface area contributed by atoms with Crippen molar-refractivity contribution >= 4 is 28.7 Å². The lowest BCUT2D eigenvalue weighted by atomic mass is 10.0. The van der Waals surface area contributed by atoms with Crippen LogP contribution in [-0.2, 0) is 13.1 Å². The van der Waals surface area contributed by atoms with Crippen LogP contribution in [0.2, 0.25) is 0 Å². The maximum atomic E-state index is 12.1. The third kappa shape index (κ3) is 5.39. The number of nitrogens with two attached hydrogens (primary N) is 1. The Bertz CT molecular complexity index is 975. The molecule has 0 amide bonds. The first-order valence-electron chi connectivity index (χ1n) is 9.41. The smallest absolute Gasteiger partial charge is 0.276 e. The highest BCUT2D eigenvalue weighted by Gasteiger charge is 2.23. The van der Waals surface area contributed by atoms with Crippen molar-refractivity contribution in [2.24, 2.45) is 5.92 Å². The Morgan fingerprint density at radius 1 is 1.28 bits per heavy atom. The van der Waals surface area contributed by atoms with Gasteiger partial charge in [0.2, 0.25) is 5.95 Å². The molecule has 0 saturated carbocycles. The zero-order valence-electron chi connectivity index (χ0n) is 16.3. The lowest BCUT2D eigenvalue weighted by molar-refractivity contribution is 0.0374. The number of fused-ring (bicyclic) bond motifs is 1. The van der Waals surface area contributed by atoms with Crippen LogP contribution in [0.1, 0.15) is 11.1 Å². The minimum atomic E-state index is -0.791. The van der Waals surface area contributed by atoms with Crippen molar-refractivity contribution in [1.29, 1.82) is 0 Å². The zero-order valence-corrected chi connectivity index (χ0v) is 17.2. The van der Waals surface area contributed by atoms with E-state index in [0.717, 1.165) is 16.9 Å². The van der Waals surface area contributed by atoms with Crippen molar-refractivity contribution in [3.63, 3.8) is 0 Å². The lowest BCUT2D eigenvalue weighted by Crippen LogP contribution is -2.37. The average molecular weight is 418 g/mol. The maximum Gasteiger partial charge on any atom is 0.276 e. The van der Waals surface area contributed by atoms with Crippen LogP contribution >= 0.6 is 11.8 Å². The quantitative estimate of drug-likeness (QED) is 0.335. The fourth-order valence-corrected chi connectivity index (χ4v) is 4.21. The van der Waals surface area contributed by atoms with Gasteiger partial charge in [0.1, 0.15) is 11.0 Å². The van der Waals surface area contributed by atoms with Crippen molar-refractivity contribution in [3.05, 3.63) is 58.0 Å². The molecule has 0 aliphatic rings. The number of rotatable bonds is 10. The van der Waals surface area contributed by atoms with Gasteiger partial charge in [0.15, 0.2) is 0 Å². The van der Waals surface area contributed by atoms with Gasteiger partial charge in [-0.05, 0) is 17.6 Å². The Balaban J connectivity index is 1.89. The first kappa shape index (κ1) is 21.4. The molecule has 0 aliphatic heterocycles. The van der Waals surface area contributed by atoms with Crippen LogP contribution in [0.15, 0.2) is 41.3 Å². The fourth-order valence-electron chi connectivity index (χ4n) is 3.45. The molecule has 0 fully saturated rings. The summed E-state index contributed by atoms with van der Waals surface area (Å²) in [5, 5.41) is 19.7. The van der Waals surface area contributed by atoms with Crippen LogP contribution in [0.3, 0.4) is 0 Å². The summed E-state index contributed by atoms with van der Waals surface area (Å²) in [6, 6.07) is 10.1. The summed E-state index contributed by atoms with van der Waals surface area (Å²) < 4.78 is 0. The molecule has 8 nitrogen and oxygen atoms in total. The van der Waals surface area contributed by atoms with Crippen molar-refractivity contribution < 1.29 is 10.2 Å². The number of benzene rings is 1. The molecule has 0 bridgehead atoms. The number of nitrogen functional groups attached to an aromatic ring is 1. The van der Waals surface area contributed by atoms with Crippen molar-refractivity contribution in [1.82, 2.24) is 19.9 Å². The first-order chi connectivity index (χ1) is 14.0. The molecule has 9 heteroatoms. The molecule has 2 atom stereocenters. The van der Waals surface area contributed by atoms with E-state index >= 15 is 0 Å². The van der Waals surface area contributed by atoms with Gasteiger partial charge >= 0.3 is 0 Å². The summed E-state index contributed by atoms with van der Waals surface area (Å²) in [6.07, 6.45) is 2.97. The maximum absolute atomic E-state index is 12.1. The Morgan fingerprint density at radius 3 is 2.72 bits per heavy atom. The molecule has 1 aromatic carbocycles. The second-order valence-corrected chi connectivity index (χ2v) is 8.02. The topological polar surface area (TPSA) is 131 Å². The van der Waals surface area contributed by atoms with Gasteiger partial charge in [0, 0.05) is 37.3 Å². The van der Waals surface area contributed by atoms with Gasteiger partial charge in [-0.25, -0.2) is 4.98 Å². The number of nitrogens with one attached hydrogen (secondary N) is 2. The van der Waals surface area contributed by atoms with Crippen LogP contribution in [0.25, 0.3) is 11.0 Å². The third-order valence-electron chi connectivity index (χ3n) is 4.88. The highest BCUT2D eigenvalue weighted by Crippen LogP contribution is 2.20. The number of aliphatic hydroxyl groups is 2. The molecule has 156 valence electrons. The predicted molar refractivity (Wildman–Crippen MR) is 117 cm³/mol. The normalized spacial score (nSPS) is 13.8. The predicted octanol–water partition coefficient (Wildman–Crippen LogP) is 1.17. The number of thioether (sulfide) groups is 1. The average Bonchev–Trinajstić information content (AvgIpc) is 3.10. The number of aliphatic hydroxyl groups excluding tert-OH is 2. The van der Waals surface area contributed by atoms with Crippen LogP contribution in [0, 0.1) is 5.92 Å². The summed E-state index contributed by atoms with van der Waals surface area (Å²) >= 11 is 1.64. The molecule has 0 saturated heterocycles. The molecule has 29 heavy (non-hydrogen) atoms. The van der Waals surface area contributed by atoms with E-state index in [0.29, 0.717) is 30.7 Å². The lowest BCUT2D eigenvalue weighted by Gasteiger charge is -2.29. The number of hydrogen-bond donors (Lipinski definition) is 5. The number of H-pyrrole nitrogens is 2. The summed E-state index contributed by atoms with van der Waals surface area (Å²) in [4.78, 5) is 24.1. The molecule has 3 rings (SSSR count). The van der Waals surface area contributed by atoms with Crippen molar-refractivity contribution in [3.8, 4) is 0 Å². The van der Waals surface area contributed by atoms with Gasteiger partial charge in [-0.15, -0.1) is 0 Å². The second-order valence-electron chi connectivity index (χ2n) is 7.11. The highest BCUT2D eigenvalue weighted by atomic mass is 32.2. The summed E-state index contributed by atoms with van der Waals surface area (Å²) in [7, 11) is 0. The molecule has 0 aliphatic carbocycles. The van der Waals surface area contributed by atoms with Gasteiger partial charge in [0.05, 0.1) is 12.7 Å². The summed E-state index contributed by atoms with van der Waals surface area (Å²) in [5.41, 5.74) is 8.36. The van der Waals surface area contributed by atoms with E-state index in [1.807, 2.05) is 24.5 Å². The molecule has 0 spiro atoms. The van der Waals surface area contributed by atoms with Gasteiger partial charge in [-0.2, -0.15) is 11.8 Å². The molecule has 3 aromatic rings. The molecule has 6 N–H and O–H groups in total. The van der Waals surface area contributed by atoms with E-state index in [4.69, 9.17) is 5.73 Å².